The first kappa shape index (κ1) is 16.3. The first-order valence-electron chi connectivity index (χ1n) is 9.40. The zero-order valence-corrected chi connectivity index (χ0v) is 14.9. The number of anilines is 1. The molecule has 5 rings (SSSR count). The third-order valence-electron chi connectivity index (χ3n) is 5.86. The van der Waals surface area contributed by atoms with Crippen molar-refractivity contribution in [2.45, 2.75) is 18.8 Å². The van der Waals surface area contributed by atoms with Crippen LogP contribution < -0.4 is 15.8 Å². The molecule has 1 atom stereocenters. The van der Waals surface area contributed by atoms with E-state index in [9.17, 15) is 9.59 Å². The molecule has 2 aliphatic rings. The zero-order valence-electron chi connectivity index (χ0n) is 14.9. The van der Waals surface area contributed by atoms with Gasteiger partial charge in [-0.2, -0.15) is 0 Å². The van der Waals surface area contributed by atoms with Crippen molar-refractivity contribution in [2.75, 3.05) is 24.5 Å². The van der Waals surface area contributed by atoms with Gasteiger partial charge in [0, 0.05) is 36.6 Å². The van der Waals surface area contributed by atoms with Crippen molar-refractivity contribution in [2.24, 2.45) is 5.92 Å². The molecule has 0 saturated carbocycles. The summed E-state index contributed by atoms with van der Waals surface area (Å²) in [5.74, 6) is 0.817. The Hall–Kier alpha value is -2.93. The van der Waals surface area contributed by atoms with Crippen molar-refractivity contribution in [3.8, 4) is 0 Å². The van der Waals surface area contributed by atoms with E-state index in [2.05, 4.69) is 21.5 Å². The highest BCUT2D eigenvalue weighted by molar-refractivity contribution is 6.10. The lowest BCUT2D eigenvalue weighted by molar-refractivity contribution is 0.0988. The number of hydrogen-bond donors (Lipinski definition) is 2. The summed E-state index contributed by atoms with van der Waals surface area (Å²) in [6.07, 6.45) is 5.28. The Morgan fingerprint density at radius 1 is 1.15 bits per heavy atom. The summed E-state index contributed by atoms with van der Waals surface area (Å²) in [6.45, 7) is 2.75. The summed E-state index contributed by atoms with van der Waals surface area (Å²) in [7, 11) is 0. The number of nitrogens with zero attached hydrogens (tertiary/aromatic N) is 3. The molecular formula is C20H21N5O2. The number of aromatic amines is 1. The number of benzene rings is 1. The molecule has 1 unspecified atom stereocenters. The number of H-pyrrole nitrogens is 1. The number of carbonyl (C=O) groups excluding carboxylic acids is 1. The summed E-state index contributed by atoms with van der Waals surface area (Å²) in [5.41, 5.74) is 2.79. The Morgan fingerprint density at radius 3 is 2.81 bits per heavy atom. The maximum absolute atomic E-state index is 13.4. The number of hydrogen-bond acceptors (Lipinski definition) is 4. The van der Waals surface area contributed by atoms with Crippen molar-refractivity contribution in [3.63, 3.8) is 0 Å². The second kappa shape index (κ2) is 6.35. The summed E-state index contributed by atoms with van der Waals surface area (Å²) < 4.78 is 1.31. The molecule has 1 fully saturated rings. The minimum absolute atomic E-state index is 0.115. The molecule has 7 heteroatoms. The van der Waals surface area contributed by atoms with Gasteiger partial charge in [0.25, 0.3) is 11.5 Å². The number of piperidine rings is 1. The molecule has 0 radical (unpaired) electrons. The Balaban J connectivity index is 1.53. The van der Waals surface area contributed by atoms with Gasteiger partial charge < -0.3 is 10.2 Å². The van der Waals surface area contributed by atoms with Gasteiger partial charge in [0.15, 0.2) is 5.65 Å². The van der Waals surface area contributed by atoms with E-state index in [0.717, 1.165) is 31.6 Å². The number of rotatable bonds is 2. The molecular weight excluding hydrogens is 342 g/mol. The SMILES string of the molecule is O=C(c1c[nH]n2c(=O)ccnc12)N1CC(C2CCNCC2)c2ccccc21. The molecule has 2 N–H and O–H groups in total. The Kier molecular flexibility index (Phi) is 3.82. The molecule has 1 amide bonds. The van der Waals surface area contributed by atoms with E-state index >= 15 is 0 Å². The van der Waals surface area contributed by atoms with E-state index in [1.807, 2.05) is 23.1 Å². The molecule has 7 nitrogen and oxygen atoms in total. The molecule has 4 heterocycles. The van der Waals surface area contributed by atoms with Gasteiger partial charge >= 0.3 is 0 Å². The predicted octanol–water partition coefficient (Wildman–Crippen LogP) is 1.77. The molecule has 3 aromatic rings. The largest absolute Gasteiger partial charge is 0.317 e. The number of carbonyl (C=O) groups is 1. The quantitative estimate of drug-likeness (QED) is 0.727. The van der Waals surface area contributed by atoms with Crippen molar-refractivity contribution < 1.29 is 4.79 Å². The summed E-state index contributed by atoms with van der Waals surface area (Å²) in [4.78, 5) is 31.4. The van der Waals surface area contributed by atoms with Crippen LogP contribution in [0.25, 0.3) is 5.65 Å². The van der Waals surface area contributed by atoms with Crippen LogP contribution in [0.15, 0.2) is 47.5 Å². The van der Waals surface area contributed by atoms with Crippen LogP contribution in [-0.2, 0) is 0 Å². The summed E-state index contributed by atoms with van der Waals surface area (Å²) in [5, 5.41) is 6.26. The molecule has 2 aromatic heterocycles. The predicted molar refractivity (Wildman–Crippen MR) is 102 cm³/mol. The standard InChI is InChI=1S/C20H21N5O2/c26-18-7-10-22-19-15(11-23-25(18)19)20(27)24-12-16(13-5-8-21-9-6-13)14-3-1-2-4-17(14)24/h1-4,7,10-11,13,16,21,23H,5-6,8-9,12H2. The Morgan fingerprint density at radius 2 is 1.96 bits per heavy atom. The lowest BCUT2D eigenvalue weighted by atomic mass is 9.82. The van der Waals surface area contributed by atoms with Gasteiger partial charge in [0.2, 0.25) is 0 Å². The molecule has 0 spiro atoms. The molecule has 0 aliphatic carbocycles. The fourth-order valence-electron chi connectivity index (χ4n) is 4.50. The second-order valence-electron chi connectivity index (χ2n) is 7.30. The first-order chi connectivity index (χ1) is 13.2. The number of amides is 1. The van der Waals surface area contributed by atoms with Crippen LogP contribution in [0.4, 0.5) is 5.69 Å². The van der Waals surface area contributed by atoms with Crippen molar-refractivity contribution in [1.29, 1.82) is 0 Å². The summed E-state index contributed by atoms with van der Waals surface area (Å²) in [6, 6.07) is 9.56. The van der Waals surface area contributed by atoms with Crippen LogP contribution in [-0.4, -0.2) is 40.1 Å². The Labute approximate surface area is 156 Å². The van der Waals surface area contributed by atoms with E-state index in [1.54, 1.807) is 6.20 Å². The van der Waals surface area contributed by atoms with E-state index in [1.165, 1.54) is 22.3 Å². The molecule has 1 aromatic carbocycles. The Bertz CT molecular complexity index is 1060. The third kappa shape index (κ3) is 2.57. The van der Waals surface area contributed by atoms with Crippen LogP contribution in [0, 0.1) is 5.92 Å². The average Bonchev–Trinajstić information content (AvgIpc) is 3.31. The maximum atomic E-state index is 13.4. The van der Waals surface area contributed by atoms with Gasteiger partial charge in [-0.25, -0.2) is 9.50 Å². The molecule has 2 aliphatic heterocycles. The van der Waals surface area contributed by atoms with Gasteiger partial charge in [-0.15, -0.1) is 0 Å². The van der Waals surface area contributed by atoms with E-state index in [4.69, 9.17) is 0 Å². The van der Waals surface area contributed by atoms with Crippen LogP contribution in [0.3, 0.4) is 0 Å². The van der Waals surface area contributed by atoms with Gasteiger partial charge in [0.05, 0.1) is 0 Å². The van der Waals surface area contributed by atoms with Crippen LogP contribution in [0.1, 0.15) is 34.7 Å². The molecule has 138 valence electrons. The minimum atomic E-state index is -0.228. The zero-order chi connectivity index (χ0) is 18.4. The van der Waals surface area contributed by atoms with Gasteiger partial charge in [-0.3, -0.25) is 14.7 Å². The molecule has 27 heavy (non-hydrogen) atoms. The fraction of sp³-hybridized carbons (Fsp3) is 0.350. The highest BCUT2D eigenvalue weighted by Gasteiger charge is 2.38. The van der Waals surface area contributed by atoms with Crippen molar-refractivity contribution >= 4 is 17.2 Å². The van der Waals surface area contributed by atoms with E-state index in [-0.39, 0.29) is 11.5 Å². The van der Waals surface area contributed by atoms with E-state index in [0.29, 0.717) is 29.6 Å². The highest BCUT2D eigenvalue weighted by Crippen LogP contribution is 2.43. The first-order valence-corrected chi connectivity index (χ1v) is 9.40. The van der Waals surface area contributed by atoms with Gasteiger partial charge in [-0.05, 0) is 43.5 Å². The van der Waals surface area contributed by atoms with E-state index < -0.39 is 0 Å². The van der Waals surface area contributed by atoms with Crippen LogP contribution in [0.2, 0.25) is 0 Å². The van der Waals surface area contributed by atoms with Crippen LogP contribution >= 0.6 is 0 Å². The number of para-hydroxylation sites is 1. The second-order valence-corrected chi connectivity index (χ2v) is 7.30. The number of fused-ring (bicyclic) bond motifs is 2. The number of aromatic nitrogens is 3. The minimum Gasteiger partial charge on any atom is -0.317 e. The smallest absolute Gasteiger partial charge is 0.272 e. The van der Waals surface area contributed by atoms with Crippen molar-refractivity contribution in [3.05, 3.63) is 64.2 Å². The lowest BCUT2D eigenvalue weighted by Crippen LogP contribution is -2.35. The maximum Gasteiger partial charge on any atom is 0.272 e. The molecule has 0 bridgehead atoms. The fourth-order valence-corrected chi connectivity index (χ4v) is 4.50. The van der Waals surface area contributed by atoms with Gasteiger partial charge in [-0.1, -0.05) is 18.2 Å². The third-order valence-corrected chi connectivity index (χ3v) is 5.86. The highest BCUT2D eigenvalue weighted by atomic mass is 16.2. The topological polar surface area (TPSA) is 82.5 Å². The van der Waals surface area contributed by atoms with Gasteiger partial charge in [0.1, 0.15) is 5.56 Å². The average molecular weight is 363 g/mol. The number of nitrogens with one attached hydrogen (secondary N) is 2. The van der Waals surface area contributed by atoms with Crippen LogP contribution in [0.5, 0.6) is 0 Å². The lowest BCUT2D eigenvalue weighted by Gasteiger charge is -2.28. The normalized spacial score (nSPS) is 20.1. The monoisotopic (exact) mass is 363 g/mol. The summed E-state index contributed by atoms with van der Waals surface area (Å²) >= 11 is 0. The molecule has 1 saturated heterocycles. The van der Waals surface area contributed by atoms with Crippen molar-refractivity contribution in [1.82, 2.24) is 19.9 Å².